The molecule has 0 fully saturated rings. The molecule has 3 rings (SSSR count). The van der Waals surface area contributed by atoms with Crippen molar-refractivity contribution in [1.29, 1.82) is 0 Å². The van der Waals surface area contributed by atoms with E-state index in [4.69, 9.17) is 5.73 Å². The summed E-state index contributed by atoms with van der Waals surface area (Å²) in [6, 6.07) is 8.54. The SMILES string of the molecule is Cc1ccc2c(c1)CCCN2c1nnccc1CN. The third-order valence-corrected chi connectivity index (χ3v) is 3.61. The lowest BCUT2D eigenvalue weighted by Gasteiger charge is -2.31. The lowest BCUT2D eigenvalue weighted by atomic mass is 9.99. The molecule has 4 nitrogen and oxygen atoms in total. The van der Waals surface area contributed by atoms with Gasteiger partial charge in [0.05, 0.1) is 6.20 Å². The Kier molecular flexibility index (Phi) is 3.17. The van der Waals surface area contributed by atoms with Crippen LogP contribution in [0.5, 0.6) is 0 Å². The number of benzene rings is 1. The number of anilines is 2. The molecule has 0 spiro atoms. The van der Waals surface area contributed by atoms with Crippen molar-refractivity contribution >= 4 is 11.5 Å². The van der Waals surface area contributed by atoms with Crippen molar-refractivity contribution in [2.75, 3.05) is 11.4 Å². The third-order valence-electron chi connectivity index (χ3n) is 3.61. The fourth-order valence-corrected chi connectivity index (χ4v) is 2.68. The van der Waals surface area contributed by atoms with Crippen molar-refractivity contribution in [2.45, 2.75) is 26.3 Å². The minimum absolute atomic E-state index is 0.489. The van der Waals surface area contributed by atoms with Crippen LogP contribution in [0.1, 0.15) is 23.1 Å². The predicted octanol–water partition coefficient (Wildman–Crippen LogP) is 2.33. The number of aromatic nitrogens is 2. The van der Waals surface area contributed by atoms with Gasteiger partial charge >= 0.3 is 0 Å². The van der Waals surface area contributed by atoms with Gasteiger partial charge < -0.3 is 10.6 Å². The first-order chi connectivity index (χ1) is 9.29. The monoisotopic (exact) mass is 254 g/mol. The Labute approximate surface area is 113 Å². The summed E-state index contributed by atoms with van der Waals surface area (Å²) in [4.78, 5) is 2.24. The van der Waals surface area contributed by atoms with Crippen LogP contribution in [-0.2, 0) is 13.0 Å². The largest absolute Gasteiger partial charge is 0.326 e. The Hall–Kier alpha value is -1.94. The summed E-state index contributed by atoms with van der Waals surface area (Å²) in [7, 11) is 0. The molecule has 1 aliphatic heterocycles. The Bertz CT molecular complexity index is 594. The summed E-state index contributed by atoms with van der Waals surface area (Å²) in [6.07, 6.45) is 3.97. The van der Waals surface area contributed by atoms with E-state index in [0.29, 0.717) is 6.54 Å². The number of rotatable bonds is 2. The zero-order valence-electron chi connectivity index (χ0n) is 11.1. The second-order valence-electron chi connectivity index (χ2n) is 4.97. The molecule has 0 unspecified atom stereocenters. The molecular weight excluding hydrogens is 236 g/mol. The first kappa shape index (κ1) is 12.1. The van der Waals surface area contributed by atoms with Crippen LogP contribution >= 0.6 is 0 Å². The van der Waals surface area contributed by atoms with Gasteiger partial charge in [-0.3, -0.25) is 0 Å². The number of hydrogen-bond donors (Lipinski definition) is 1. The van der Waals surface area contributed by atoms with Crippen LogP contribution in [0, 0.1) is 6.92 Å². The quantitative estimate of drug-likeness (QED) is 0.893. The Morgan fingerprint density at radius 3 is 3.05 bits per heavy atom. The maximum absolute atomic E-state index is 5.81. The second-order valence-corrected chi connectivity index (χ2v) is 4.97. The molecule has 2 N–H and O–H groups in total. The maximum atomic E-state index is 5.81. The van der Waals surface area contributed by atoms with Gasteiger partial charge in [0.2, 0.25) is 0 Å². The van der Waals surface area contributed by atoms with Gasteiger partial charge in [-0.2, -0.15) is 5.10 Å². The van der Waals surface area contributed by atoms with Crippen LogP contribution in [0.2, 0.25) is 0 Å². The van der Waals surface area contributed by atoms with Gasteiger partial charge in [0.1, 0.15) is 0 Å². The summed E-state index contributed by atoms with van der Waals surface area (Å²) >= 11 is 0. The molecule has 0 amide bonds. The molecule has 2 heterocycles. The number of fused-ring (bicyclic) bond motifs is 1. The van der Waals surface area contributed by atoms with Gasteiger partial charge in [0.25, 0.3) is 0 Å². The summed E-state index contributed by atoms with van der Waals surface area (Å²) in [5, 5.41) is 8.30. The number of nitrogens with zero attached hydrogens (tertiary/aromatic N) is 3. The van der Waals surface area contributed by atoms with E-state index >= 15 is 0 Å². The second kappa shape index (κ2) is 4.97. The van der Waals surface area contributed by atoms with E-state index in [1.54, 1.807) is 6.20 Å². The van der Waals surface area contributed by atoms with Crippen molar-refractivity contribution in [2.24, 2.45) is 5.73 Å². The molecule has 98 valence electrons. The maximum Gasteiger partial charge on any atom is 0.160 e. The van der Waals surface area contributed by atoms with E-state index in [2.05, 4.69) is 40.2 Å². The zero-order valence-corrected chi connectivity index (χ0v) is 11.1. The highest BCUT2D eigenvalue weighted by Gasteiger charge is 2.21. The van der Waals surface area contributed by atoms with Gasteiger partial charge in [0.15, 0.2) is 5.82 Å². The molecule has 0 atom stereocenters. The minimum atomic E-state index is 0.489. The summed E-state index contributed by atoms with van der Waals surface area (Å²) < 4.78 is 0. The molecule has 0 saturated carbocycles. The van der Waals surface area contributed by atoms with Crippen molar-refractivity contribution in [3.63, 3.8) is 0 Å². The number of hydrogen-bond acceptors (Lipinski definition) is 4. The van der Waals surface area contributed by atoms with Crippen LogP contribution in [0.4, 0.5) is 11.5 Å². The number of aryl methyl sites for hydroxylation is 2. The molecule has 1 aromatic heterocycles. The van der Waals surface area contributed by atoms with Crippen LogP contribution in [-0.4, -0.2) is 16.7 Å². The fourth-order valence-electron chi connectivity index (χ4n) is 2.68. The highest BCUT2D eigenvalue weighted by molar-refractivity contribution is 5.67. The first-order valence-electron chi connectivity index (χ1n) is 6.67. The third kappa shape index (κ3) is 2.19. The van der Waals surface area contributed by atoms with Crippen molar-refractivity contribution in [1.82, 2.24) is 10.2 Å². The highest BCUT2D eigenvalue weighted by Crippen LogP contribution is 2.34. The molecule has 1 aliphatic rings. The molecule has 0 aliphatic carbocycles. The predicted molar refractivity (Wildman–Crippen MR) is 76.4 cm³/mol. The van der Waals surface area contributed by atoms with E-state index in [1.807, 2.05) is 6.07 Å². The standard InChI is InChI=1S/C15H18N4/c1-11-4-5-14-12(9-11)3-2-8-19(14)15-13(10-16)6-7-17-18-15/h4-7,9H,2-3,8,10,16H2,1H3. The van der Waals surface area contributed by atoms with Crippen LogP contribution in [0.25, 0.3) is 0 Å². The van der Waals surface area contributed by atoms with Gasteiger partial charge in [-0.25, -0.2) is 0 Å². The van der Waals surface area contributed by atoms with Crippen molar-refractivity contribution in [3.05, 3.63) is 47.2 Å². The topological polar surface area (TPSA) is 55.0 Å². The van der Waals surface area contributed by atoms with E-state index in [1.165, 1.54) is 16.8 Å². The minimum Gasteiger partial charge on any atom is -0.326 e. The molecule has 0 saturated heterocycles. The first-order valence-corrected chi connectivity index (χ1v) is 6.67. The molecule has 0 bridgehead atoms. The zero-order chi connectivity index (χ0) is 13.2. The summed E-state index contributed by atoms with van der Waals surface area (Å²) in [5.41, 5.74) is 10.8. The van der Waals surface area contributed by atoms with Crippen LogP contribution in [0.15, 0.2) is 30.5 Å². The smallest absolute Gasteiger partial charge is 0.160 e. The van der Waals surface area contributed by atoms with Gasteiger partial charge in [-0.1, -0.05) is 17.7 Å². The normalized spacial score (nSPS) is 14.3. The highest BCUT2D eigenvalue weighted by atomic mass is 15.3. The van der Waals surface area contributed by atoms with E-state index in [0.717, 1.165) is 30.8 Å². The molecule has 2 aromatic rings. The summed E-state index contributed by atoms with van der Waals surface area (Å²) in [5.74, 6) is 0.898. The van der Waals surface area contributed by atoms with Crippen molar-refractivity contribution < 1.29 is 0 Å². The van der Waals surface area contributed by atoms with Crippen LogP contribution in [0.3, 0.4) is 0 Å². The number of nitrogens with two attached hydrogens (primary N) is 1. The van der Waals surface area contributed by atoms with Gasteiger partial charge in [-0.05, 0) is 37.5 Å². The lowest BCUT2D eigenvalue weighted by Crippen LogP contribution is -2.27. The average molecular weight is 254 g/mol. The van der Waals surface area contributed by atoms with E-state index in [-0.39, 0.29) is 0 Å². The van der Waals surface area contributed by atoms with Crippen molar-refractivity contribution in [3.8, 4) is 0 Å². The van der Waals surface area contributed by atoms with Gasteiger partial charge in [0, 0.05) is 24.3 Å². The molecule has 4 heteroatoms. The molecule has 1 aromatic carbocycles. The Balaban J connectivity index is 2.08. The van der Waals surface area contributed by atoms with E-state index < -0.39 is 0 Å². The summed E-state index contributed by atoms with van der Waals surface area (Å²) in [6.45, 7) is 3.59. The average Bonchev–Trinajstić information content (AvgIpc) is 2.46. The van der Waals surface area contributed by atoms with Gasteiger partial charge in [-0.15, -0.1) is 5.10 Å². The fraction of sp³-hybridized carbons (Fsp3) is 0.333. The molecular formula is C15H18N4. The lowest BCUT2D eigenvalue weighted by molar-refractivity contribution is 0.747. The Morgan fingerprint density at radius 2 is 2.21 bits per heavy atom. The molecule has 0 radical (unpaired) electrons. The van der Waals surface area contributed by atoms with E-state index in [9.17, 15) is 0 Å². The Morgan fingerprint density at radius 1 is 1.32 bits per heavy atom. The molecule has 19 heavy (non-hydrogen) atoms. The van der Waals surface area contributed by atoms with Crippen LogP contribution < -0.4 is 10.6 Å².